The van der Waals surface area contributed by atoms with Gasteiger partial charge in [-0.1, -0.05) is 36.5 Å². The molecule has 1 unspecified atom stereocenters. The molecule has 0 radical (unpaired) electrons. The van der Waals surface area contributed by atoms with Gasteiger partial charge in [0.15, 0.2) is 0 Å². The summed E-state index contributed by atoms with van der Waals surface area (Å²) >= 11 is 5.70. The van der Waals surface area contributed by atoms with E-state index in [0.717, 1.165) is 10.9 Å². The zero-order valence-corrected chi connectivity index (χ0v) is 16.4. The van der Waals surface area contributed by atoms with E-state index in [-0.39, 0.29) is 24.7 Å². The van der Waals surface area contributed by atoms with Gasteiger partial charge in [0.25, 0.3) is 0 Å². The number of aliphatic carboxylic acids is 2. The highest BCUT2D eigenvalue weighted by Gasteiger charge is 2.49. The van der Waals surface area contributed by atoms with Gasteiger partial charge in [-0.15, -0.1) is 0 Å². The summed E-state index contributed by atoms with van der Waals surface area (Å²) in [6.45, 7) is 0. The van der Waals surface area contributed by atoms with E-state index in [1.807, 2.05) is 36.4 Å². The molecule has 1 saturated carbocycles. The molecule has 1 atom stereocenters. The zero-order chi connectivity index (χ0) is 20.8. The minimum Gasteiger partial charge on any atom is -0.481 e. The maximum atomic E-state index is 12.1. The lowest BCUT2D eigenvalue weighted by Gasteiger charge is -2.44. The third-order valence-corrected chi connectivity index (χ3v) is 6.42. The fourth-order valence-corrected chi connectivity index (χ4v) is 4.74. The van der Waals surface area contributed by atoms with E-state index in [4.69, 9.17) is 27.5 Å². The Morgan fingerprint density at radius 2 is 1.79 bits per heavy atom. The van der Waals surface area contributed by atoms with Crippen LogP contribution in [0.4, 0.5) is 0 Å². The van der Waals surface area contributed by atoms with Crippen LogP contribution in [-0.2, 0) is 16.0 Å². The third kappa shape index (κ3) is 3.41. The SMILES string of the molecule is NC(Cc1cccc2oc3ccccc3c(=S)c12)(C(=O)O)C1CC(CC(=O)O)C1. The highest BCUT2D eigenvalue weighted by Crippen LogP contribution is 2.44. The van der Waals surface area contributed by atoms with Gasteiger partial charge >= 0.3 is 11.9 Å². The smallest absolute Gasteiger partial charge is 0.324 e. The van der Waals surface area contributed by atoms with Crippen molar-refractivity contribution in [1.82, 2.24) is 0 Å². The molecule has 1 heterocycles. The topological polar surface area (TPSA) is 114 Å². The van der Waals surface area contributed by atoms with Crippen molar-refractivity contribution in [3.63, 3.8) is 0 Å². The molecule has 0 aliphatic heterocycles. The number of carbonyl (C=O) groups is 2. The highest BCUT2D eigenvalue weighted by atomic mass is 32.1. The summed E-state index contributed by atoms with van der Waals surface area (Å²) in [7, 11) is 0. The Balaban J connectivity index is 1.74. The number of hydrogen-bond donors (Lipinski definition) is 3. The van der Waals surface area contributed by atoms with Crippen LogP contribution >= 0.6 is 12.2 Å². The van der Waals surface area contributed by atoms with E-state index < -0.39 is 17.5 Å². The number of hydrogen-bond acceptors (Lipinski definition) is 5. The first kappa shape index (κ1) is 19.5. The molecule has 1 fully saturated rings. The van der Waals surface area contributed by atoms with Crippen LogP contribution in [0.2, 0.25) is 0 Å². The Kier molecular flexibility index (Phi) is 4.88. The summed E-state index contributed by atoms with van der Waals surface area (Å²) in [4.78, 5) is 23.0. The Hall–Kier alpha value is -2.77. The molecule has 0 spiro atoms. The number of rotatable bonds is 6. The highest BCUT2D eigenvalue weighted by molar-refractivity contribution is 7.72. The van der Waals surface area contributed by atoms with Gasteiger partial charge < -0.3 is 20.4 Å². The summed E-state index contributed by atoms with van der Waals surface area (Å²) < 4.78 is 6.60. The number of carboxylic acids is 2. The number of para-hydroxylation sites is 1. The molecule has 0 saturated heterocycles. The second-order valence-corrected chi connectivity index (χ2v) is 8.28. The molecule has 150 valence electrons. The number of nitrogens with two attached hydrogens (primary N) is 1. The van der Waals surface area contributed by atoms with Gasteiger partial charge in [-0.05, 0) is 48.4 Å². The van der Waals surface area contributed by atoms with E-state index in [9.17, 15) is 14.7 Å². The van der Waals surface area contributed by atoms with Gasteiger partial charge in [0.05, 0.1) is 4.51 Å². The van der Waals surface area contributed by atoms with E-state index in [0.29, 0.717) is 33.9 Å². The second kappa shape index (κ2) is 7.24. The number of fused-ring (bicyclic) bond motifs is 2. The first-order valence-electron chi connectivity index (χ1n) is 9.47. The standard InChI is InChI=1S/C22H21NO5S/c23-22(21(26)27,14-8-12(9-14)10-18(24)25)11-13-4-3-7-17-19(13)20(29)15-5-1-2-6-16(15)28-17/h1-7,12,14H,8-11,23H2,(H,24,25)(H,26,27). The zero-order valence-electron chi connectivity index (χ0n) is 15.6. The second-order valence-electron chi connectivity index (χ2n) is 7.87. The molecule has 3 aromatic rings. The van der Waals surface area contributed by atoms with Crippen LogP contribution in [0.5, 0.6) is 0 Å². The summed E-state index contributed by atoms with van der Waals surface area (Å²) in [5.41, 5.74) is 6.92. The lowest BCUT2D eigenvalue weighted by Crippen LogP contribution is -2.59. The fourth-order valence-electron chi connectivity index (χ4n) is 4.34. The molecule has 0 bridgehead atoms. The first-order chi connectivity index (χ1) is 13.8. The summed E-state index contributed by atoms with van der Waals surface area (Å²) in [5.74, 6) is -2.27. The number of carboxylic acid groups (broad SMARTS) is 2. The Morgan fingerprint density at radius 1 is 1.10 bits per heavy atom. The van der Waals surface area contributed by atoms with Crippen LogP contribution in [0.1, 0.15) is 24.8 Å². The van der Waals surface area contributed by atoms with Crippen LogP contribution in [0.15, 0.2) is 46.9 Å². The van der Waals surface area contributed by atoms with Crippen LogP contribution < -0.4 is 5.73 Å². The maximum absolute atomic E-state index is 12.1. The van der Waals surface area contributed by atoms with Gasteiger partial charge in [-0.3, -0.25) is 9.59 Å². The predicted octanol–water partition coefficient (Wildman–Crippen LogP) is 4.14. The van der Waals surface area contributed by atoms with Crippen molar-refractivity contribution in [2.45, 2.75) is 31.2 Å². The van der Waals surface area contributed by atoms with Gasteiger partial charge in [0.1, 0.15) is 16.7 Å². The van der Waals surface area contributed by atoms with Crippen molar-refractivity contribution >= 4 is 46.1 Å². The fraction of sp³-hybridized carbons (Fsp3) is 0.318. The monoisotopic (exact) mass is 411 g/mol. The molecular weight excluding hydrogens is 390 g/mol. The van der Waals surface area contributed by atoms with Crippen molar-refractivity contribution < 1.29 is 24.2 Å². The normalized spacial score (nSPS) is 20.9. The summed E-state index contributed by atoms with van der Waals surface area (Å²) in [6.07, 6.45) is 1.13. The van der Waals surface area contributed by atoms with Crippen molar-refractivity contribution in [3.8, 4) is 0 Å². The van der Waals surface area contributed by atoms with Crippen LogP contribution in [0.25, 0.3) is 21.9 Å². The maximum Gasteiger partial charge on any atom is 0.324 e. The Bertz CT molecular complexity index is 1180. The van der Waals surface area contributed by atoms with Crippen molar-refractivity contribution in [2.75, 3.05) is 0 Å². The third-order valence-electron chi connectivity index (χ3n) is 6.00. The Morgan fingerprint density at radius 3 is 2.48 bits per heavy atom. The van der Waals surface area contributed by atoms with E-state index in [1.165, 1.54) is 0 Å². The number of benzene rings is 2. The molecule has 29 heavy (non-hydrogen) atoms. The minimum atomic E-state index is -1.49. The predicted molar refractivity (Wildman–Crippen MR) is 111 cm³/mol. The summed E-state index contributed by atoms with van der Waals surface area (Å²) in [5, 5.41) is 20.4. The molecule has 7 heteroatoms. The average molecular weight is 411 g/mol. The molecule has 2 aromatic carbocycles. The molecule has 4 rings (SSSR count). The van der Waals surface area contributed by atoms with Crippen molar-refractivity contribution in [1.29, 1.82) is 0 Å². The largest absolute Gasteiger partial charge is 0.481 e. The molecule has 1 aromatic heterocycles. The lowest BCUT2D eigenvalue weighted by molar-refractivity contribution is -0.148. The van der Waals surface area contributed by atoms with Crippen LogP contribution in [0.3, 0.4) is 0 Å². The van der Waals surface area contributed by atoms with Gasteiger partial charge in [-0.25, -0.2) is 0 Å². The van der Waals surface area contributed by atoms with Gasteiger partial charge in [0.2, 0.25) is 0 Å². The van der Waals surface area contributed by atoms with Crippen molar-refractivity contribution in [3.05, 3.63) is 52.5 Å². The van der Waals surface area contributed by atoms with E-state index in [2.05, 4.69) is 0 Å². The minimum absolute atomic E-state index is 0.0271. The lowest BCUT2D eigenvalue weighted by atomic mass is 9.62. The van der Waals surface area contributed by atoms with Crippen LogP contribution in [0, 0.1) is 16.3 Å². The van der Waals surface area contributed by atoms with Crippen LogP contribution in [-0.4, -0.2) is 27.7 Å². The van der Waals surface area contributed by atoms with E-state index >= 15 is 0 Å². The average Bonchev–Trinajstić information content (AvgIpc) is 2.64. The van der Waals surface area contributed by atoms with Gasteiger partial charge in [-0.2, -0.15) is 0 Å². The first-order valence-corrected chi connectivity index (χ1v) is 9.88. The molecule has 1 aliphatic rings. The molecule has 6 nitrogen and oxygen atoms in total. The molecule has 1 aliphatic carbocycles. The van der Waals surface area contributed by atoms with Gasteiger partial charge in [0, 0.05) is 23.6 Å². The Labute approximate surface area is 171 Å². The quantitative estimate of drug-likeness (QED) is 0.412. The van der Waals surface area contributed by atoms with Crippen molar-refractivity contribution in [2.24, 2.45) is 17.6 Å². The molecular formula is C22H21NO5S. The molecule has 4 N–H and O–H groups in total. The van der Waals surface area contributed by atoms with E-state index in [1.54, 1.807) is 6.07 Å². The summed E-state index contributed by atoms with van der Waals surface area (Å²) in [6, 6.07) is 12.9. The molecule has 0 amide bonds.